The molecule has 0 radical (unpaired) electrons. The Morgan fingerprint density at radius 2 is 1.88 bits per heavy atom. The first kappa shape index (κ1) is 11.9. The molecule has 2 atom stereocenters. The van der Waals surface area contributed by atoms with Crippen LogP contribution >= 0.6 is 0 Å². The van der Waals surface area contributed by atoms with Crippen molar-refractivity contribution in [3.8, 4) is 0 Å². The Balaban J connectivity index is 1.46. The van der Waals surface area contributed by atoms with Gasteiger partial charge in [-0.1, -0.05) is 6.92 Å². The van der Waals surface area contributed by atoms with Gasteiger partial charge in [0.05, 0.1) is 0 Å². The van der Waals surface area contributed by atoms with Crippen molar-refractivity contribution in [3.63, 3.8) is 0 Å². The monoisotopic (exact) mass is 237 g/mol. The molecule has 3 aliphatic heterocycles. The van der Waals surface area contributed by atoms with E-state index >= 15 is 0 Å². The smallest absolute Gasteiger partial charge is 0.0224 e. The van der Waals surface area contributed by atoms with E-state index in [1.54, 1.807) is 0 Å². The highest BCUT2D eigenvalue weighted by Gasteiger charge is 2.32. The van der Waals surface area contributed by atoms with Gasteiger partial charge in [0.1, 0.15) is 0 Å². The average molecular weight is 237 g/mol. The zero-order valence-corrected chi connectivity index (χ0v) is 11.3. The van der Waals surface area contributed by atoms with Crippen LogP contribution in [0.4, 0.5) is 0 Å². The fraction of sp³-hybridized carbons (Fsp3) is 1.00. The maximum Gasteiger partial charge on any atom is 0.0224 e. The van der Waals surface area contributed by atoms with Gasteiger partial charge in [-0.2, -0.15) is 0 Å². The predicted octanol–water partition coefficient (Wildman–Crippen LogP) is 1.11. The lowest BCUT2D eigenvalue weighted by atomic mass is 10.1. The van der Waals surface area contributed by atoms with E-state index in [2.05, 4.69) is 21.6 Å². The Morgan fingerprint density at radius 3 is 2.71 bits per heavy atom. The third-order valence-corrected chi connectivity index (χ3v) is 5.01. The molecule has 98 valence electrons. The lowest BCUT2D eigenvalue weighted by Gasteiger charge is -2.38. The van der Waals surface area contributed by atoms with Gasteiger partial charge >= 0.3 is 0 Å². The molecule has 0 aromatic heterocycles. The molecule has 2 unspecified atom stereocenters. The summed E-state index contributed by atoms with van der Waals surface area (Å²) in [7, 11) is 0. The molecule has 17 heavy (non-hydrogen) atoms. The second-order valence-corrected chi connectivity index (χ2v) is 6.14. The topological polar surface area (TPSA) is 9.72 Å². The summed E-state index contributed by atoms with van der Waals surface area (Å²) in [4.78, 5) is 8.07. The van der Waals surface area contributed by atoms with Crippen LogP contribution in [0.5, 0.6) is 0 Å². The van der Waals surface area contributed by atoms with Gasteiger partial charge in [-0.3, -0.25) is 4.90 Å². The third-order valence-electron chi connectivity index (χ3n) is 5.01. The van der Waals surface area contributed by atoms with E-state index in [9.17, 15) is 0 Å². The van der Waals surface area contributed by atoms with Crippen LogP contribution in [0.3, 0.4) is 0 Å². The molecule has 3 nitrogen and oxygen atoms in total. The summed E-state index contributed by atoms with van der Waals surface area (Å²) in [5.74, 6) is 0.947. The highest BCUT2D eigenvalue weighted by Crippen LogP contribution is 2.23. The zero-order chi connectivity index (χ0) is 11.7. The Kier molecular flexibility index (Phi) is 3.69. The summed E-state index contributed by atoms with van der Waals surface area (Å²) in [5.41, 5.74) is 0. The lowest BCUT2D eigenvalue weighted by Crippen LogP contribution is -2.51. The molecule has 0 aliphatic carbocycles. The standard InChI is InChI=1S/C14H27N3/c1-2-15-7-5-13(10-15)11-16-8-9-17-6-3-4-14(17)12-16/h13-14H,2-12H2,1H3. The molecule has 3 rings (SSSR count). The zero-order valence-electron chi connectivity index (χ0n) is 11.3. The van der Waals surface area contributed by atoms with Crippen LogP contribution in [0, 0.1) is 5.92 Å². The van der Waals surface area contributed by atoms with Crippen molar-refractivity contribution in [2.24, 2.45) is 5.92 Å². The summed E-state index contributed by atoms with van der Waals surface area (Å²) >= 11 is 0. The van der Waals surface area contributed by atoms with Gasteiger partial charge in [0, 0.05) is 38.8 Å². The predicted molar refractivity (Wildman–Crippen MR) is 71.3 cm³/mol. The molecule has 0 spiro atoms. The number of piperazine rings is 1. The third kappa shape index (κ3) is 2.67. The summed E-state index contributed by atoms with van der Waals surface area (Å²) in [5, 5.41) is 0. The van der Waals surface area contributed by atoms with Crippen molar-refractivity contribution in [3.05, 3.63) is 0 Å². The minimum atomic E-state index is 0.896. The molecule has 3 heteroatoms. The maximum absolute atomic E-state index is 2.75. The van der Waals surface area contributed by atoms with Gasteiger partial charge in [0.25, 0.3) is 0 Å². The summed E-state index contributed by atoms with van der Waals surface area (Å²) in [6, 6.07) is 0.896. The van der Waals surface area contributed by atoms with E-state index in [0.717, 1.165) is 12.0 Å². The van der Waals surface area contributed by atoms with Gasteiger partial charge < -0.3 is 9.80 Å². The summed E-state index contributed by atoms with van der Waals surface area (Å²) in [6.07, 6.45) is 4.31. The summed E-state index contributed by atoms with van der Waals surface area (Å²) in [6.45, 7) is 12.9. The molecule has 0 aromatic rings. The molecular weight excluding hydrogens is 210 g/mol. The molecule has 0 bridgehead atoms. The van der Waals surface area contributed by atoms with E-state index in [0.29, 0.717) is 0 Å². The Morgan fingerprint density at radius 1 is 0.941 bits per heavy atom. The first-order chi connectivity index (χ1) is 8.35. The van der Waals surface area contributed by atoms with Gasteiger partial charge in [-0.05, 0) is 44.8 Å². The largest absolute Gasteiger partial charge is 0.303 e. The number of nitrogens with zero attached hydrogens (tertiary/aromatic N) is 3. The first-order valence-corrected chi connectivity index (χ1v) is 7.54. The fourth-order valence-electron chi connectivity index (χ4n) is 3.94. The molecule has 3 saturated heterocycles. The van der Waals surface area contributed by atoms with Crippen LogP contribution in [0.25, 0.3) is 0 Å². The van der Waals surface area contributed by atoms with Crippen molar-refractivity contribution >= 4 is 0 Å². The molecule has 3 aliphatic rings. The molecule has 0 N–H and O–H groups in total. The normalized spacial score (nSPS) is 36.5. The maximum atomic E-state index is 2.75. The van der Waals surface area contributed by atoms with E-state index < -0.39 is 0 Å². The first-order valence-electron chi connectivity index (χ1n) is 7.54. The van der Waals surface area contributed by atoms with Crippen LogP contribution < -0.4 is 0 Å². The highest BCUT2D eigenvalue weighted by atomic mass is 15.3. The average Bonchev–Trinajstić information content (AvgIpc) is 2.96. The van der Waals surface area contributed by atoms with Crippen LogP contribution in [0.2, 0.25) is 0 Å². The molecular formula is C14H27N3. The van der Waals surface area contributed by atoms with E-state index in [4.69, 9.17) is 0 Å². The van der Waals surface area contributed by atoms with Gasteiger partial charge in [-0.25, -0.2) is 0 Å². The van der Waals surface area contributed by atoms with Crippen LogP contribution in [-0.2, 0) is 0 Å². The number of hydrogen-bond donors (Lipinski definition) is 0. The molecule has 0 aromatic carbocycles. The van der Waals surface area contributed by atoms with E-state index in [1.165, 1.54) is 71.6 Å². The number of hydrogen-bond acceptors (Lipinski definition) is 3. The number of likely N-dealkylation sites (tertiary alicyclic amines) is 1. The SMILES string of the molecule is CCN1CCC(CN2CCN3CCCC3C2)C1. The molecule has 3 fully saturated rings. The minimum absolute atomic E-state index is 0.896. The lowest BCUT2D eigenvalue weighted by molar-refractivity contribution is 0.0924. The molecule has 3 heterocycles. The Bertz CT molecular complexity index is 256. The van der Waals surface area contributed by atoms with Crippen LogP contribution in [-0.4, -0.2) is 73.1 Å². The Labute approximate surface area is 106 Å². The Hall–Kier alpha value is -0.120. The fourth-order valence-corrected chi connectivity index (χ4v) is 3.94. The molecule has 0 amide bonds. The number of rotatable bonds is 3. The minimum Gasteiger partial charge on any atom is -0.303 e. The van der Waals surface area contributed by atoms with E-state index in [1.807, 2.05) is 0 Å². The van der Waals surface area contributed by atoms with Gasteiger partial charge in [0.2, 0.25) is 0 Å². The molecule has 0 saturated carbocycles. The van der Waals surface area contributed by atoms with Crippen molar-refractivity contribution in [2.45, 2.75) is 32.2 Å². The highest BCUT2D eigenvalue weighted by molar-refractivity contribution is 4.88. The van der Waals surface area contributed by atoms with Crippen molar-refractivity contribution < 1.29 is 0 Å². The summed E-state index contributed by atoms with van der Waals surface area (Å²) < 4.78 is 0. The second kappa shape index (κ2) is 5.25. The van der Waals surface area contributed by atoms with Crippen molar-refractivity contribution in [1.82, 2.24) is 14.7 Å². The number of fused-ring (bicyclic) bond motifs is 1. The van der Waals surface area contributed by atoms with Crippen molar-refractivity contribution in [1.29, 1.82) is 0 Å². The van der Waals surface area contributed by atoms with Crippen LogP contribution in [0.1, 0.15) is 26.2 Å². The van der Waals surface area contributed by atoms with Gasteiger partial charge in [-0.15, -0.1) is 0 Å². The van der Waals surface area contributed by atoms with Crippen molar-refractivity contribution in [2.75, 3.05) is 52.4 Å². The van der Waals surface area contributed by atoms with Crippen LogP contribution in [0.15, 0.2) is 0 Å². The second-order valence-electron chi connectivity index (χ2n) is 6.14. The van der Waals surface area contributed by atoms with E-state index in [-0.39, 0.29) is 0 Å². The van der Waals surface area contributed by atoms with Gasteiger partial charge in [0.15, 0.2) is 0 Å². The quantitative estimate of drug-likeness (QED) is 0.728.